The minimum atomic E-state index is -0.629. The van der Waals surface area contributed by atoms with Crippen LogP contribution >= 0.6 is 0 Å². The number of likely N-dealkylation sites (tertiary alicyclic amines) is 1. The van der Waals surface area contributed by atoms with Gasteiger partial charge in [-0.3, -0.25) is 20.3 Å². The van der Waals surface area contributed by atoms with E-state index in [-0.39, 0.29) is 30.1 Å². The molecule has 0 aromatic heterocycles. The first-order chi connectivity index (χ1) is 17.4. The van der Waals surface area contributed by atoms with Gasteiger partial charge in [-0.2, -0.15) is 0 Å². The number of nitrogens with zero attached hydrogens (tertiary/aromatic N) is 1. The Hall–Kier alpha value is -2.68. The van der Waals surface area contributed by atoms with E-state index in [1.165, 1.54) is 19.6 Å². The summed E-state index contributed by atoms with van der Waals surface area (Å²) < 4.78 is 18.7. The predicted molar refractivity (Wildman–Crippen MR) is 138 cm³/mol. The van der Waals surface area contributed by atoms with Gasteiger partial charge in [-0.15, -0.1) is 0 Å². The zero-order valence-corrected chi connectivity index (χ0v) is 21.7. The summed E-state index contributed by atoms with van der Waals surface area (Å²) in [5, 5.41) is 16.8. The molecule has 1 aliphatic heterocycles. The molecule has 36 heavy (non-hydrogen) atoms. The fraction of sp³-hybridized carbons (Fsp3) is 0.667. The molecule has 0 unspecified atom stereocenters. The van der Waals surface area contributed by atoms with Crippen LogP contribution in [-0.2, 0) is 16.1 Å². The van der Waals surface area contributed by atoms with Gasteiger partial charge in [-0.05, 0) is 68.4 Å². The first-order valence-electron chi connectivity index (χ1n) is 13.3. The smallest absolute Gasteiger partial charge is 0.242 e. The minimum absolute atomic E-state index is 0.128. The Morgan fingerprint density at radius 1 is 1.14 bits per heavy atom. The summed E-state index contributed by atoms with van der Waals surface area (Å²) in [5.41, 5.74) is 0.718. The third-order valence-electron chi connectivity index (χ3n) is 7.50. The average Bonchev–Trinajstić information content (AvgIpc) is 2.88. The van der Waals surface area contributed by atoms with Crippen LogP contribution in [0, 0.1) is 23.1 Å². The number of halogens is 1. The van der Waals surface area contributed by atoms with Crippen LogP contribution in [0.15, 0.2) is 18.2 Å². The minimum Gasteiger partial charge on any atom is -0.494 e. The molecule has 200 valence electrons. The molecule has 1 saturated carbocycles. The van der Waals surface area contributed by atoms with Gasteiger partial charge in [0.2, 0.25) is 11.8 Å². The van der Waals surface area contributed by atoms with Crippen molar-refractivity contribution in [3.63, 3.8) is 0 Å². The molecule has 0 spiro atoms. The molecule has 2 amide bonds. The van der Waals surface area contributed by atoms with Crippen molar-refractivity contribution >= 4 is 17.8 Å². The third kappa shape index (κ3) is 8.76. The molecule has 1 saturated heterocycles. The third-order valence-corrected chi connectivity index (χ3v) is 7.50. The zero-order chi connectivity index (χ0) is 25.9. The van der Waals surface area contributed by atoms with Crippen molar-refractivity contribution in [1.29, 1.82) is 5.41 Å². The van der Waals surface area contributed by atoms with Crippen molar-refractivity contribution < 1.29 is 18.7 Å². The first-order valence-corrected chi connectivity index (χ1v) is 13.3. The molecular formula is C27H42FN5O3. The van der Waals surface area contributed by atoms with E-state index in [0.717, 1.165) is 63.7 Å². The normalized spacial score (nSPS) is 18.3. The van der Waals surface area contributed by atoms with Gasteiger partial charge in [-0.1, -0.05) is 45.1 Å². The van der Waals surface area contributed by atoms with Gasteiger partial charge in [0.25, 0.3) is 0 Å². The molecule has 9 heteroatoms. The molecule has 8 nitrogen and oxygen atoms in total. The molecular weight excluding hydrogens is 461 g/mol. The number of rotatable bonds is 10. The Balaban J connectivity index is 1.54. The summed E-state index contributed by atoms with van der Waals surface area (Å²) in [5.74, 6) is -0.152. The van der Waals surface area contributed by atoms with Crippen LogP contribution in [0.4, 0.5) is 4.39 Å². The molecule has 1 heterocycles. The molecule has 4 N–H and O–H groups in total. The van der Waals surface area contributed by atoms with Crippen LogP contribution in [0.25, 0.3) is 0 Å². The van der Waals surface area contributed by atoms with E-state index >= 15 is 0 Å². The molecule has 1 aromatic carbocycles. The Bertz CT molecular complexity index is 882. The summed E-state index contributed by atoms with van der Waals surface area (Å²) >= 11 is 0. The maximum atomic E-state index is 13.7. The molecule has 2 aliphatic rings. The lowest BCUT2D eigenvalue weighted by molar-refractivity contribution is -0.124. The Morgan fingerprint density at radius 3 is 2.53 bits per heavy atom. The van der Waals surface area contributed by atoms with E-state index in [2.05, 4.69) is 27.8 Å². The van der Waals surface area contributed by atoms with E-state index in [1.807, 2.05) is 0 Å². The number of methoxy groups -OCH3 is 1. The maximum absolute atomic E-state index is 13.7. The number of nitrogens with one attached hydrogen (secondary N) is 4. The van der Waals surface area contributed by atoms with Crippen molar-refractivity contribution in [3.8, 4) is 5.75 Å². The largest absolute Gasteiger partial charge is 0.494 e. The van der Waals surface area contributed by atoms with Crippen LogP contribution < -0.4 is 20.7 Å². The average molecular weight is 504 g/mol. The molecule has 2 fully saturated rings. The van der Waals surface area contributed by atoms with Crippen LogP contribution in [0.5, 0.6) is 5.75 Å². The zero-order valence-electron chi connectivity index (χ0n) is 21.7. The number of benzene rings is 1. The van der Waals surface area contributed by atoms with E-state index in [1.54, 1.807) is 12.1 Å². The molecule has 1 aromatic rings. The Kier molecular flexibility index (Phi) is 11.0. The Labute approximate surface area is 214 Å². The topological polar surface area (TPSA) is 107 Å². The van der Waals surface area contributed by atoms with Crippen molar-refractivity contribution in [2.75, 3.05) is 26.7 Å². The van der Waals surface area contributed by atoms with Crippen molar-refractivity contribution in [1.82, 2.24) is 20.9 Å². The molecule has 1 atom stereocenters. The second kappa shape index (κ2) is 14.2. The molecule has 1 aliphatic carbocycles. The van der Waals surface area contributed by atoms with Crippen molar-refractivity contribution in [2.45, 2.75) is 77.3 Å². The quantitative estimate of drug-likeness (QED) is 0.289. The molecule has 0 bridgehead atoms. The highest BCUT2D eigenvalue weighted by molar-refractivity contribution is 5.97. The van der Waals surface area contributed by atoms with Gasteiger partial charge in [0.05, 0.1) is 7.11 Å². The number of carbonyl (C=O) groups is 2. The molecule has 3 rings (SSSR count). The van der Waals surface area contributed by atoms with Gasteiger partial charge in [0.1, 0.15) is 6.04 Å². The van der Waals surface area contributed by atoms with Crippen LogP contribution in [-0.4, -0.2) is 55.5 Å². The van der Waals surface area contributed by atoms with E-state index < -0.39 is 11.9 Å². The van der Waals surface area contributed by atoms with Crippen molar-refractivity contribution in [2.24, 2.45) is 11.8 Å². The van der Waals surface area contributed by atoms with Gasteiger partial charge in [0, 0.05) is 13.0 Å². The summed E-state index contributed by atoms with van der Waals surface area (Å²) in [6.45, 7) is 5.42. The first kappa shape index (κ1) is 27.9. The predicted octanol–water partition coefficient (Wildman–Crippen LogP) is 3.55. The second-order valence-electron chi connectivity index (χ2n) is 10.1. The van der Waals surface area contributed by atoms with Crippen molar-refractivity contribution in [3.05, 3.63) is 29.6 Å². The SMILES string of the molecule is CCN1CCC(CC(=O)NC(=N)N[C@H](CC2CCCCC2)C(=O)NCc2ccc(F)c(OC)c2)CC1. The second-order valence-corrected chi connectivity index (χ2v) is 10.1. The highest BCUT2D eigenvalue weighted by Crippen LogP contribution is 2.27. The van der Waals surface area contributed by atoms with E-state index in [4.69, 9.17) is 10.1 Å². The van der Waals surface area contributed by atoms with Crippen LogP contribution in [0.1, 0.15) is 70.3 Å². The summed E-state index contributed by atoms with van der Waals surface area (Å²) in [4.78, 5) is 28.1. The number of hydrogen-bond acceptors (Lipinski definition) is 5. The van der Waals surface area contributed by atoms with Gasteiger partial charge < -0.3 is 20.3 Å². The maximum Gasteiger partial charge on any atom is 0.242 e. The van der Waals surface area contributed by atoms with Crippen LogP contribution in [0.3, 0.4) is 0 Å². The summed E-state index contributed by atoms with van der Waals surface area (Å²) in [6, 6.07) is 3.85. The fourth-order valence-corrected chi connectivity index (χ4v) is 5.28. The lowest BCUT2D eigenvalue weighted by atomic mass is 9.84. The Morgan fingerprint density at radius 2 is 1.86 bits per heavy atom. The number of hydrogen-bond donors (Lipinski definition) is 4. The summed E-state index contributed by atoms with van der Waals surface area (Å²) in [7, 11) is 1.40. The highest BCUT2D eigenvalue weighted by atomic mass is 19.1. The highest BCUT2D eigenvalue weighted by Gasteiger charge is 2.26. The standard InChI is InChI=1S/C27H42FN5O3/c1-3-33-13-11-20(12-14-33)17-25(34)32-27(29)31-23(15-19-7-5-4-6-8-19)26(35)30-18-21-9-10-22(28)24(16-21)36-2/h9-10,16,19-20,23H,3-8,11-15,17-18H2,1-2H3,(H,30,35)(H3,29,31,32,34)/t23-/m1/s1. The van der Waals surface area contributed by atoms with Gasteiger partial charge in [0.15, 0.2) is 17.5 Å². The van der Waals surface area contributed by atoms with Gasteiger partial charge >= 0.3 is 0 Å². The lowest BCUT2D eigenvalue weighted by Gasteiger charge is -2.30. The van der Waals surface area contributed by atoms with Gasteiger partial charge in [-0.25, -0.2) is 4.39 Å². The monoisotopic (exact) mass is 503 g/mol. The summed E-state index contributed by atoms with van der Waals surface area (Å²) in [6.07, 6.45) is 8.63. The number of piperidine rings is 1. The van der Waals surface area contributed by atoms with E-state index in [0.29, 0.717) is 24.7 Å². The lowest BCUT2D eigenvalue weighted by Crippen LogP contribution is -2.52. The number of guanidine groups is 1. The fourth-order valence-electron chi connectivity index (χ4n) is 5.28. The van der Waals surface area contributed by atoms with E-state index in [9.17, 15) is 14.0 Å². The van der Waals surface area contributed by atoms with Crippen LogP contribution in [0.2, 0.25) is 0 Å². The number of ether oxygens (including phenoxy) is 1. The number of amides is 2. The number of carbonyl (C=O) groups excluding carboxylic acids is 2. The molecule has 0 radical (unpaired) electrons.